The van der Waals surface area contributed by atoms with Crippen molar-refractivity contribution in [3.05, 3.63) is 31.9 Å². The third-order valence-electron chi connectivity index (χ3n) is 4.15. The zero-order chi connectivity index (χ0) is 14.8. The van der Waals surface area contributed by atoms with Crippen LogP contribution in [0.25, 0.3) is 0 Å². The zero-order valence-corrected chi connectivity index (χ0v) is 13.8. The second-order valence-electron chi connectivity index (χ2n) is 5.55. The number of anilines is 1. The zero-order valence-electron chi connectivity index (χ0n) is 11.6. The highest BCUT2D eigenvalue weighted by Gasteiger charge is 2.32. The summed E-state index contributed by atoms with van der Waals surface area (Å²) in [4.78, 5) is 12.9. The Morgan fingerprint density at radius 2 is 2.38 bits per heavy atom. The number of ether oxygens (including phenoxy) is 1. The fourth-order valence-electron chi connectivity index (χ4n) is 2.99. The van der Waals surface area contributed by atoms with Crippen LogP contribution in [0.15, 0.2) is 18.2 Å². The Balaban J connectivity index is 1.56. The molecule has 2 fully saturated rings. The van der Waals surface area contributed by atoms with Crippen molar-refractivity contribution in [3.8, 4) is 0 Å². The van der Waals surface area contributed by atoms with Crippen molar-refractivity contribution in [2.45, 2.75) is 25.0 Å². The van der Waals surface area contributed by atoms with Crippen molar-refractivity contribution in [2.24, 2.45) is 0 Å². The summed E-state index contributed by atoms with van der Waals surface area (Å²) in [5.74, 6) is 0. The maximum absolute atomic E-state index is 10.7. The third kappa shape index (κ3) is 3.46. The van der Waals surface area contributed by atoms with Crippen LogP contribution in [0.5, 0.6) is 0 Å². The van der Waals surface area contributed by atoms with Crippen molar-refractivity contribution in [1.82, 2.24) is 4.90 Å². The summed E-state index contributed by atoms with van der Waals surface area (Å²) in [7, 11) is 0. The molecular weight excluding hydrogens is 385 g/mol. The minimum absolute atomic E-state index is 0.124. The molecule has 0 aliphatic carbocycles. The number of nitro groups is 1. The lowest BCUT2D eigenvalue weighted by Crippen LogP contribution is -2.48. The number of hydrogen-bond acceptors (Lipinski definition) is 5. The molecule has 1 aromatic rings. The van der Waals surface area contributed by atoms with Gasteiger partial charge >= 0.3 is 0 Å². The van der Waals surface area contributed by atoms with Gasteiger partial charge in [0.05, 0.1) is 17.6 Å². The monoisotopic (exact) mass is 403 g/mol. The van der Waals surface area contributed by atoms with Crippen LogP contribution in [0.1, 0.15) is 12.8 Å². The van der Waals surface area contributed by atoms with Crippen LogP contribution in [0.3, 0.4) is 0 Å². The molecule has 1 aromatic carbocycles. The van der Waals surface area contributed by atoms with E-state index < -0.39 is 0 Å². The van der Waals surface area contributed by atoms with Gasteiger partial charge in [0.1, 0.15) is 0 Å². The average molecular weight is 403 g/mol. The van der Waals surface area contributed by atoms with E-state index in [4.69, 9.17) is 4.74 Å². The first-order valence-electron chi connectivity index (χ1n) is 7.17. The Kier molecular flexibility index (Phi) is 4.60. The summed E-state index contributed by atoms with van der Waals surface area (Å²) >= 11 is 2.12. The van der Waals surface area contributed by atoms with Gasteiger partial charge in [0, 0.05) is 40.5 Å². The molecule has 0 radical (unpaired) electrons. The highest BCUT2D eigenvalue weighted by atomic mass is 127. The molecule has 0 saturated carbocycles. The number of fused-ring (bicyclic) bond motifs is 1. The molecule has 2 aliphatic rings. The number of hydrogen-bond donors (Lipinski definition) is 1. The number of rotatable bonds is 4. The highest BCUT2D eigenvalue weighted by molar-refractivity contribution is 14.1. The van der Waals surface area contributed by atoms with Crippen LogP contribution in [0, 0.1) is 13.7 Å². The number of nitro benzene ring substituents is 1. The van der Waals surface area contributed by atoms with Crippen molar-refractivity contribution in [1.29, 1.82) is 0 Å². The van der Waals surface area contributed by atoms with Crippen LogP contribution in [-0.2, 0) is 4.74 Å². The SMILES string of the molecule is O=[N+]([O-])c1ccc(NCC2CN3CCCC3CO2)c(I)c1. The highest BCUT2D eigenvalue weighted by Crippen LogP contribution is 2.25. The summed E-state index contributed by atoms with van der Waals surface area (Å²) in [6.07, 6.45) is 2.71. The van der Waals surface area contributed by atoms with Crippen LogP contribution in [0.4, 0.5) is 11.4 Å². The number of morpholine rings is 1. The largest absolute Gasteiger partial charge is 0.382 e. The summed E-state index contributed by atoms with van der Waals surface area (Å²) in [5.41, 5.74) is 1.05. The number of nitrogens with one attached hydrogen (secondary N) is 1. The first-order chi connectivity index (χ1) is 10.1. The molecule has 0 bridgehead atoms. The van der Waals surface area contributed by atoms with E-state index >= 15 is 0 Å². The van der Waals surface area contributed by atoms with Crippen molar-refractivity contribution in [2.75, 3.05) is 31.6 Å². The topological polar surface area (TPSA) is 67.6 Å². The number of halogens is 1. The molecule has 2 unspecified atom stereocenters. The smallest absolute Gasteiger partial charge is 0.270 e. The molecular formula is C14H18IN3O3. The molecule has 7 heteroatoms. The fourth-order valence-corrected chi connectivity index (χ4v) is 3.68. The third-order valence-corrected chi connectivity index (χ3v) is 5.04. The number of nitrogens with zero attached hydrogens (tertiary/aromatic N) is 2. The summed E-state index contributed by atoms with van der Waals surface area (Å²) < 4.78 is 6.76. The molecule has 3 rings (SSSR count). The van der Waals surface area contributed by atoms with E-state index in [2.05, 4.69) is 32.8 Å². The molecule has 0 spiro atoms. The maximum atomic E-state index is 10.7. The Bertz CT molecular complexity index is 540. The quantitative estimate of drug-likeness (QED) is 0.476. The minimum atomic E-state index is -0.371. The van der Waals surface area contributed by atoms with Gasteiger partial charge in [-0.2, -0.15) is 0 Å². The van der Waals surface area contributed by atoms with E-state index in [-0.39, 0.29) is 16.7 Å². The molecule has 21 heavy (non-hydrogen) atoms. The van der Waals surface area contributed by atoms with E-state index in [1.165, 1.54) is 25.5 Å². The van der Waals surface area contributed by atoms with Crippen molar-refractivity contribution in [3.63, 3.8) is 0 Å². The Morgan fingerprint density at radius 1 is 1.52 bits per heavy atom. The van der Waals surface area contributed by atoms with Gasteiger partial charge in [-0.1, -0.05) is 0 Å². The lowest BCUT2D eigenvalue weighted by molar-refractivity contribution is -0.384. The predicted octanol–water partition coefficient (Wildman–Crippen LogP) is 2.47. The van der Waals surface area contributed by atoms with Gasteiger partial charge in [-0.3, -0.25) is 15.0 Å². The number of non-ortho nitro benzene ring substituents is 1. The summed E-state index contributed by atoms with van der Waals surface area (Å²) in [5, 5.41) is 14.1. The first-order valence-corrected chi connectivity index (χ1v) is 8.25. The maximum Gasteiger partial charge on any atom is 0.270 e. The standard InChI is InChI=1S/C14H18IN3O3/c15-13-6-10(18(19)20)3-4-14(13)16-7-12-8-17-5-1-2-11(17)9-21-12/h3-4,6,11-12,16H,1-2,5,7-9H2. The van der Waals surface area contributed by atoms with E-state index in [1.807, 2.05) is 0 Å². The molecule has 114 valence electrons. The van der Waals surface area contributed by atoms with Crippen LogP contribution < -0.4 is 5.32 Å². The summed E-state index contributed by atoms with van der Waals surface area (Å²) in [6.45, 7) is 3.71. The van der Waals surface area contributed by atoms with Crippen LogP contribution in [-0.4, -0.2) is 48.2 Å². The van der Waals surface area contributed by atoms with Gasteiger partial charge in [-0.25, -0.2) is 0 Å². The van der Waals surface area contributed by atoms with Gasteiger partial charge < -0.3 is 10.1 Å². The second kappa shape index (κ2) is 6.45. The number of benzene rings is 1. The van der Waals surface area contributed by atoms with Crippen LogP contribution in [0.2, 0.25) is 0 Å². The Morgan fingerprint density at radius 3 is 3.14 bits per heavy atom. The van der Waals surface area contributed by atoms with Crippen molar-refractivity contribution >= 4 is 34.0 Å². The first kappa shape index (κ1) is 15.0. The second-order valence-corrected chi connectivity index (χ2v) is 6.71. The predicted molar refractivity (Wildman–Crippen MR) is 88.6 cm³/mol. The molecule has 2 heterocycles. The van der Waals surface area contributed by atoms with Gasteiger partial charge in [0.2, 0.25) is 0 Å². The Hall–Kier alpha value is -0.930. The summed E-state index contributed by atoms with van der Waals surface area (Å²) in [6, 6.07) is 5.49. The molecule has 2 aliphatic heterocycles. The van der Waals surface area contributed by atoms with E-state index in [0.29, 0.717) is 6.04 Å². The minimum Gasteiger partial charge on any atom is -0.382 e. The molecule has 0 amide bonds. The van der Waals surface area contributed by atoms with E-state index in [9.17, 15) is 10.1 Å². The molecule has 1 N–H and O–H groups in total. The van der Waals surface area contributed by atoms with E-state index in [1.54, 1.807) is 12.1 Å². The normalized spacial score (nSPS) is 25.6. The molecule has 6 nitrogen and oxygen atoms in total. The van der Waals surface area contributed by atoms with Gasteiger partial charge in [-0.15, -0.1) is 0 Å². The lowest BCUT2D eigenvalue weighted by Gasteiger charge is -2.35. The lowest BCUT2D eigenvalue weighted by atomic mass is 10.2. The van der Waals surface area contributed by atoms with Crippen LogP contribution >= 0.6 is 22.6 Å². The Labute approximate surface area is 137 Å². The van der Waals surface area contributed by atoms with Crippen molar-refractivity contribution < 1.29 is 9.66 Å². The molecule has 2 atom stereocenters. The molecule has 2 saturated heterocycles. The average Bonchev–Trinajstić information content (AvgIpc) is 2.93. The fraction of sp³-hybridized carbons (Fsp3) is 0.571. The molecule has 0 aromatic heterocycles. The van der Waals surface area contributed by atoms with Gasteiger partial charge in [0.15, 0.2) is 0 Å². The van der Waals surface area contributed by atoms with Gasteiger partial charge in [0.25, 0.3) is 5.69 Å². The van der Waals surface area contributed by atoms with Gasteiger partial charge in [-0.05, 0) is 48.0 Å². The van der Waals surface area contributed by atoms with E-state index in [0.717, 1.165) is 29.0 Å².